The van der Waals surface area contributed by atoms with Crippen molar-refractivity contribution in [3.05, 3.63) is 30.2 Å². The van der Waals surface area contributed by atoms with Crippen LogP contribution in [0.25, 0.3) is 0 Å². The number of hydrogen-bond donors (Lipinski definition) is 2. The third-order valence-corrected chi connectivity index (χ3v) is 4.30. The fourth-order valence-corrected chi connectivity index (χ4v) is 2.92. The van der Waals surface area contributed by atoms with Gasteiger partial charge in [-0.1, -0.05) is 12.8 Å². The van der Waals surface area contributed by atoms with E-state index in [1.807, 2.05) is 18.2 Å². The van der Waals surface area contributed by atoms with Gasteiger partial charge in [0.15, 0.2) is 5.11 Å². The Balaban J connectivity index is 1.67. The molecule has 2 N–H and O–H groups in total. The van der Waals surface area contributed by atoms with Crippen molar-refractivity contribution in [1.82, 2.24) is 15.3 Å². The van der Waals surface area contributed by atoms with Crippen LogP contribution in [-0.2, 0) is 6.54 Å². The van der Waals surface area contributed by atoms with Crippen LogP contribution in [-0.4, -0.2) is 35.3 Å². The Morgan fingerprint density at radius 3 is 2.76 bits per heavy atom. The van der Waals surface area contributed by atoms with Crippen LogP contribution in [0.1, 0.15) is 31.4 Å². The Morgan fingerprint density at radius 2 is 2.08 bits per heavy atom. The molecule has 1 aliphatic rings. The highest BCUT2D eigenvalue weighted by molar-refractivity contribution is 7.80. The second kappa shape index (κ2) is 8.66. The van der Waals surface area contributed by atoms with E-state index < -0.39 is 0 Å². The van der Waals surface area contributed by atoms with Gasteiger partial charge in [-0.05, 0) is 37.2 Å². The van der Waals surface area contributed by atoms with E-state index in [9.17, 15) is 0 Å². The summed E-state index contributed by atoms with van der Waals surface area (Å²) in [5.74, 6) is 2.62. The first-order valence-corrected chi connectivity index (χ1v) is 8.90. The van der Waals surface area contributed by atoms with Gasteiger partial charge in [0.1, 0.15) is 11.6 Å². The highest BCUT2D eigenvalue weighted by Crippen LogP contribution is 2.22. The van der Waals surface area contributed by atoms with Gasteiger partial charge < -0.3 is 24.7 Å². The van der Waals surface area contributed by atoms with E-state index in [-0.39, 0.29) is 0 Å². The van der Waals surface area contributed by atoms with Gasteiger partial charge in [-0.3, -0.25) is 0 Å². The lowest BCUT2D eigenvalue weighted by molar-refractivity contribution is 0.397. The Morgan fingerprint density at radius 1 is 1.28 bits per heavy atom. The standard InChI is InChI=1S/C17H23N5O2S/c1-23-15-11-14(22-8-4-2-3-5-9-22)19-16(20-15)21-17(25)18-12-13-7-6-10-24-13/h6-7,10-11H,2-5,8-9,12H2,1H3,(H2,18,19,20,21,25). The molecule has 3 heterocycles. The van der Waals surface area contributed by atoms with Crippen LogP contribution in [0.2, 0.25) is 0 Å². The molecule has 1 aliphatic heterocycles. The molecule has 0 radical (unpaired) electrons. The Kier molecular flexibility index (Phi) is 6.05. The van der Waals surface area contributed by atoms with Crippen LogP contribution in [0.3, 0.4) is 0 Å². The summed E-state index contributed by atoms with van der Waals surface area (Å²) < 4.78 is 10.6. The van der Waals surface area contributed by atoms with Crippen molar-refractivity contribution in [2.75, 3.05) is 30.4 Å². The lowest BCUT2D eigenvalue weighted by atomic mass is 10.2. The number of nitrogens with zero attached hydrogens (tertiary/aromatic N) is 3. The number of aromatic nitrogens is 2. The summed E-state index contributed by atoms with van der Waals surface area (Å²) in [6.45, 7) is 2.50. The molecule has 3 rings (SSSR count). The minimum Gasteiger partial charge on any atom is -0.481 e. The number of thiocarbonyl (C=S) groups is 1. The Hall–Kier alpha value is -2.35. The van der Waals surface area contributed by atoms with Crippen molar-refractivity contribution in [3.63, 3.8) is 0 Å². The maximum atomic E-state index is 5.32. The second-order valence-corrected chi connectivity index (χ2v) is 6.29. The highest BCUT2D eigenvalue weighted by atomic mass is 32.1. The lowest BCUT2D eigenvalue weighted by Gasteiger charge is -2.22. The van der Waals surface area contributed by atoms with Gasteiger partial charge in [0.2, 0.25) is 11.8 Å². The van der Waals surface area contributed by atoms with Crippen LogP contribution >= 0.6 is 12.2 Å². The maximum Gasteiger partial charge on any atom is 0.234 e. The van der Waals surface area contributed by atoms with Gasteiger partial charge in [-0.15, -0.1) is 0 Å². The minimum absolute atomic E-state index is 0.426. The zero-order valence-corrected chi connectivity index (χ0v) is 15.1. The van der Waals surface area contributed by atoms with E-state index in [4.69, 9.17) is 21.4 Å². The molecule has 134 valence electrons. The molecule has 0 spiro atoms. The molecule has 0 unspecified atom stereocenters. The summed E-state index contributed by atoms with van der Waals surface area (Å²) >= 11 is 5.31. The molecule has 0 bridgehead atoms. The van der Waals surface area contributed by atoms with Crippen molar-refractivity contribution < 1.29 is 9.15 Å². The fourth-order valence-electron chi connectivity index (χ4n) is 2.76. The quantitative estimate of drug-likeness (QED) is 0.788. The maximum absolute atomic E-state index is 5.32. The van der Waals surface area contributed by atoms with Crippen LogP contribution in [0.5, 0.6) is 5.88 Å². The van der Waals surface area contributed by atoms with E-state index in [0.717, 1.165) is 24.7 Å². The zero-order valence-electron chi connectivity index (χ0n) is 14.3. The van der Waals surface area contributed by atoms with Crippen molar-refractivity contribution in [2.45, 2.75) is 32.2 Å². The molecule has 0 aromatic carbocycles. The van der Waals surface area contributed by atoms with Gasteiger partial charge in [0, 0.05) is 19.2 Å². The first-order valence-electron chi connectivity index (χ1n) is 8.50. The molecule has 0 aliphatic carbocycles. The number of anilines is 2. The number of methoxy groups -OCH3 is 1. The Labute approximate surface area is 152 Å². The third-order valence-electron chi connectivity index (χ3n) is 4.06. The van der Waals surface area contributed by atoms with Crippen molar-refractivity contribution in [2.24, 2.45) is 0 Å². The normalized spacial score (nSPS) is 14.7. The van der Waals surface area contributed by atoms with Crippen molar-refractivity contribution >= 4 is 29.1 Å². The topological polar surface area (TPSA) is 75.5 Å². The molecule has 1 fully saturated rings. The number of nitrogens with one attached hydrogen (secondary N) is 2. The van der Waals surface area contributed by atoms with Gasteiger partial charge in [-0.25, -0.2) is 0 Å². The molecule has 0 saturated carbocycles. The largest absolute Gasteiger partial charge is 0.481 e. The first kappa shape index (κ1) is 17.5. The predicted octanol–water partition coefficient (Wildman–Crippen LogP) is 2.95. The molecule has 25 heavy (non-hydrogen) atoms. The minimum atomic E-state index is 0.426. The van der Waals surface area contributed by atoms with Crippen LogP contribution < -0.4 is 20.3 Å². The number of furan rings is 1. The summed E-state index contributed by atoms with van der Waals surface area (Å²) in [6.07, 6.45) is 6.53. The second-order valence-electron chi connectivity index (χ2n) is 5.88. The molecule has 0 amide bonds. The van der Waals surface area contributed by atoms with Gasteiger partial charge in [0.05, 0.1) is 19.9 Å². The number of hydrogen-bond acceptors (Lipinski definition) is 6. The summed E-state index contributed by atoms with van der Waals surface area (Å²) in [5, 5.41) is 6.53. The van der Waals surface area contributed by atoms with Crippen molar-refractivity contribution in [3.8, 4) is 5.88 Å². The molecule has 0 atom stereocenters. The lowest BCUT2D eigenvalue weighted by Crippen LogP contribution is -2.29. The first-order chi connectivity index (χ1) is 12.2. The van der Waals surface area contributed by atoms with E-state index in [1.54, 1.807) is 13.4 Å². The molecule has 2 aromatic heterocycles. The molecule has 1 saturated heterocycles. The summed E-state index contributed by atoms with van der Waals surface area (Å²) in [5.41, 5.74) is 0. The van der Waals surface area contributed by atoms with Gasteiger partial charge in [-0.2, -0.15) is 9.97 Å². The molecule has 2 aromatic rings. The van der Waals surface area contributed by atoms with E-state index >= 15 is 0 Å². The molecule has 8 heteroatoms. The average molecular weight is 361 g/mol. The molecule has 7 nitrogen and oxygen atoms in total. The Bertz CT molecular complexity index is 684. The predicted molar refractivity (Wildman–Crippen MR) is 101 cm³/mol. The smallest absolute Gasteiger partial charge is 0.234 e. The fraction of sp³-hybridized carbons (Fsp3) is 0.471. The van der Waals surface area contributed by atoms with Crippen LogP contribution in [0.4, 0.5) is 11.8 Å². The highest BCUT2D eigenvalue weighted by Gasteiger charge is 2.15. The zero-order chi connectivity index (χ0) is 17.5. The third kappa shape index (κ3) is 5.06. The summed E-state index contributed by atoms with van der Waals surface area (Å²) in [6, 6.07) is 5.59. The summed E-state index contributed by atoms with van der Waals surface area (Å²) in [7, 11) is 1.60. The average Bonchev–Trinajstić information content (AvgIpc) is 3.00. The van der Waals surface area contributed by atoms with E-state index in [1.165, 1.54) is 25.7 Å². The monoisotopic (exact) mass is 361 g/mol. The van der Waals surface area contributed by atoms with Crippen LogP contribution in [0, 0.1) is 0 Å². The van der Waals surface area contributed by atoms with Crippen LogP contribution in [0.15, 0.2) is 28.9 Å². The van der Waals surface area contributed by atoms with Crippen molar-refractivity contribution in [1.29, 1.82) is 0 Å². The molecular weight excluding hydrogens is 338 g/mol. The SMILES string of the molecule is COc1cc(N2CCCCCC2)nc(NC(=S)NCc2ccco2)n1. The van der Waals surface area contributed by atoms with Gasteiger partial charge in [0.25, 0.3) is 0 Å². The number of ether oxygens (including phenoxy) is 1. The number of rotatable bonds is 5. The summed E-state index contributed by atoms with van der Waals surface area (Å²) in [4.78, 5) is 11.2. The van der Waals surface area contributed by atoms with Gasteiger partial charge >= 0.3 is 0 Å². The van der Waals surface area contributed by atoms with E-state index in [2.05, 4.69) is 25.5 Å². The molecular formula is C17H23N5O2S. The van der Waals surface area contributed by atoms with E-state index in [0.29, 0.717) is 23.5 Å².